The maximum atomic E-state index is 12.5. The van der Waals surface area contributed by atoms with Gasteiger partial charge in [0, 0.05) is 11.3 Å². The third-order valence-corrected chi connectivity index (χ3v) is 5.57. The molecular weight excluding hydrogens is 392 g/mol. The number of ketones is 1. The first-order chi connectivity index (χ1) is 13.4. The third-order valence-electron chi connectivity index (χ3n) is 4.37. The van der Waals surface area contributed by atoms with Gasteiger partial charge in [-0.1, -0.05) is 45.4 Å². The average molecular weight is 419 g/mol. The molecule has 0 aliphatic rings. The van der Waals surface area contributed by atoms with Crippen molar-refractivity contribution in [2.24, 2.45) is 0 Å². The lowest BCUT2D eigenvalue weighted by atomic mass is 9.90. The van der Waals surface area contributed by atoms with Crippen molar-refractivity contribution in [2.75, 3.05) is 5.32 Å². The van der Waals surface area contributed by atoms with E-state index in [0.29, 0.717) is 5.69 Å². The van der Waals surface area contributed by atoms with E-state index in [4.69, 9.17) is 0 Å². The molecule has 0 aliphatic heterocycles. The smallest absolute Gasteiger partial charge is 0.307 e. The van der Waals surface area contributed by atoms with Gasteiger partial charge in [0.15, 0.2) is 10.8 Å². The Labute approximate surface area is 171 Å². The highest BCUT2D eigenvalue weighted by atomic mass is 32.2. The van der Waals surface area contributed by atoms with E-state index in [0.717, 1.165) is 29.0 Å². The third kappa shape index (κ3) is 5.38. The Morgan fingerprint density at radius 2 is 1.55 bits per heavy atom. The summed E-state index contributed by atoms with van der Waals surface area (Å²) in [6.07, 6.45) is 1.16. The summed E-state index contributed by atoms with van der Waals surface area (Å²) in [4.78, 5) is 24.0. The van der Waals surface area contributed by atoms with Gasteiger partial charge in [0.25, 0.3) is 10.0 Å². The quantitative estimate of drug-likeness (QED) is 0.690. The Morgan fingerprint density at radius 3 is 2.03 bits per heavy atom. The summed E-state index contributed by atoms with van der Waals surface area (Å²) < 4.78 is 27.0. The summed E-state index contributed by atoms with van der Waals surface area (Å²) in [5.74, 6) is -0.113. The zero-order chi connectivity index (χ0) is 21.9. The van der Waals surface area contributed by atoms with Gasteiger partial charge in [-0.25, -0.2) is 9.52 Å². The number of anilines is 1. The van der Waals surface area contributed by atoms with Crippen LogP contribution in [0.4, 0.5) is 10.5 Å². The second-order valence-corrected chi connectivity index (χ2v) is 9.16. The molecule has 0 saturated heterocycles. The number of aromatic nitrogens is 2. The molecule has 2 rings (SSSR count). The van der Waals surface area contributed by atoms with Crippen molar-refractivity contribution < 1.29 is 18.0 Å². The Bertz CT molecular complexity index is 1020. The van der Waals surface area contributed by atoms with E-state index < -0.39 is 21.1 Å². The van der Waals surface area contributed by atoms with Crippen molar-refractivity contribution in [3.63, 3.8) is 0 Å². The van der Waals surface area contributed by atoms with Gasteiger partial charge in [-0.2, -0.15) is 13.5 Å². The zero-order valence-electron chi connectivity index (χ0n) is 17.4. The van der Waals surface area contributed by atoms with Gasteiger partial charge < -0.3 is 5.32 Å². The first-order valence-electron chi connectivity index (χ1n) is 9.24. The van der Waals surface area contributed by atoms with Crippen LogP contribution >= 0.6 is 0 Å². The number of Topliss-reactive ketones (excluding diaryl/α,β-unsaturated/α-hetero) is 1. The molecule has 0 radical (unpaired) electrons. The van der Waals surface area contributed by atoms with E-state index in [1.165, 1.54) is 6.92 Å². The van der Waals surface area contributed by atoms with Crippen molar-refractivity contribution in [2.45, 2.75) is 58.4 Å². The molecule has 0 fully saturated rings. The number of amides is 2. The fourth-order valence-corrected chi connectivity index (χ4v) is 3.72. The Kier molecular flexibility index (Phi) is 6.73. The van der Waals surface area contributed by atoms with Crippen molar-refractivity contribution in [1.82, 2.24) is 14.9 Å². The van der Waals surface area contributed by atoms with Crippen LogP contribution in [0, 0.1) is 6.92 Å². The first kappa shape index (κ1) is 22.5. The molecule has 0 atom stereocenters. The molecule has 2 aromatic rings. The van der Waals surface area contributed by atoms with Gasteiger partial charge in [0.1, 0.15) is 0 Å². The molecule has 1 aromatic heterocycles. The lowest BCUT2D eigenvalue weighted by molar-refractivity contribution is 0.101. The highest BCUT2D eigenvalue weighted by Crippen LogP contribution is 2.33. The van der Waals surface area contributed by atoms with E-state index in [9.17, 15) is 18.0 Å². The van der Waals surface area contributed by atoms with Crippen LogP contribution in [0.1, 0.15) is 73.5 Å². The van der Waals surface area contributed by atoms with Gasteiger partial charge in [-0.15, -0.1) is 5.10 Å². The highest BCUT2D eigenvalue weighted by molar-refractivity contribution is 7.90. The van der Waals surface area contributed by atoms with E-state index in [2.05, 4.69) is 15.5 Å². The van der Waals surface area contributed by atoms with Crippen molar-refractivity contribution in [3.05, 3.63) is 46.6 Å². The van der Waals surface area contributed by atoms with Gasteiger partial charge in [0.05, 0.1) is 6.20 Å². The predicted octanol–water partition coefficient (Wildman–Crippen LogP) is 3.74. The number of sulfonamides is 1. The minimum atomic E-state index is -4.30. The molecule has 0 spiro atoms. The van der Waals surface area contributed by atoms with Crippen LogP contribution in [0.3, 0.4) is 0 Å². The highest BCUT2D eigenvalue weighted by Gasteiger charge is 2.23. The fourth-order valence-electron chi connectivity index (χ4n) is 2.88. The fraction of sp³-hybridized carbons (Fsp3) is 0.400. The van der Waals surface area contributed by atoms with Crippen LogP contribution in [0.15, 0.2) is 29.4 Å². The van der Waals surface area contributed by atoms with Gasteiger partial charge in [-0.05, 0) is 42.9 Å². The number of aryl methyl sites for hydroxylation is 1. The summed E-state index contributed by atoms with van der Waals surface area (Å²) in [6, 6.07) is 4.12. The molecule has 0 saturated carbocycles. The van der Waals surface area contributed by atoms with Crippen LogP contribution in [0.5, 0.6) is 0 Å². The summed E-state index contributed by atoms with van der Waals surface area (Å²) in [5, 5.41) is 9.24. The van der Waals surface area contributed by atoms with Crippen LogP contribution in [-0.2, 0) is 10.0 Å². The molecule has 8 nitrogen and oxygen atoms in total. The molecule has 1 heterocycles. The maximum Gasteiger partial charge on any atom is 0.333 e. The number of carbonyl (C=O) groups is 2. The van der Waals surface area contributed by atoms with E-state index in [1.807, 2.05) is 51.5 Å². The van der Waals surface area contributed by atoms with E-state index >= 15 is 0 Å². The topological polar surface area (TPSA) is 118 Å². The molecule has 29 heavy (non-hydrogen) atoms. The van der Waals surface area contributed by atoms with E-state index in [-0.39, 0.29) is 23.2 Å². The Balaban J connectivity index is 2.36. The number of benzene rings is 1. The second-order valence-electron chi connectivity index (χ2n) is 7.53. The van der Waals surface area contributed by atoms with E-state index in [1.54, 1.807) is 0 Å². The second kappa shape index (κ2) is 8.69. The average Bonchev–Trinajstić information content (AvgIpc) is 2.62. The molecule has 156 valence electrons. The van der Waals surface area contributed by atoms with Gasteiger partial charge >= 0.3 is 6.03 Å². The number of hydrogen-bond donors (Lipinski definition) is 2. The summed E-state index contributed by atoms with van der Waals surface area (Å²) in [5.41, 5.74) is 3.58. The molecule has 2 amide bonds. The summed E-state index contributed by atoms with van der Waals surface area (Å²) in [6.45, 7) is 11.3. The summed E-state index contributed by atoms with van der Waals surface area (Å²) >= 11 is 0. The molecule has 9 heteroatoms. The number of urea groups is 1. The van der Waals surface area contributed by atoms with Crippen LogP contribution in [-0.4, -0.2) is 30.4 Å². The zero-order valence-corrected chi connectivity index (χ0v) is 18.2. The van der Waals surface area contributed by atoms with Gasteiger partial charge in [-0.3, -0.25) is 4.79 Å². The Morgan fingerprint density at radius 1 is 1.00 bits per heavy atom. The van der Waals surface area contributed by atoms with Crippen molar-refractivity contribution in [3.8, 4) is 0 Å². The molecular formula is C20H26N4O4S. The predicted molar refractivity (Wildman–Crippen MR) is 111 cm³/mol. The van der Waals surface area contributed by atoms with Crippen LogP contribution in [0.25, 0.3) is 0 Å². The first-order valence-corrected chi connectivity index (χ1v) is 10.7. The number of nitrogens with one attached hydrogen (secondary N) is 2. The monoisotopic (exact) mass is 418 g/mol. The molecule has 0 unspecified atom stereocenters. The Hall–Kier alpha value is -2.81. The molecule has 0 bridgehead atoms. The largest absolute Gasteiger partial charge is 0.333 e. The molecule has 0 aliphatic carbocycles. The SMILES string of the molecule is CC(=O)c1cnnc(S(=O)(=O)NC(=O)Nc2c(C(C)C)cc(C)cc2C(C)C)c1. The van der Waals surface area contributed by atoms with Crippen molar-refractivity contribution in [1.29, 1.82) is 0 Å². The van der Waals surface area contributed by atoms with Crippen LogP contribution < -0.4 is 10.0 Å². The normalized spacial score (nSPS) is 11.6. The number of carbonyl (C=O) groups excluding carboxylic acids is 2. The van der Waals surface area contributed by atoms with Crippen molar-refractivity contribution >= 4 is 27.5 Å². The number of hydrogen-bond acceptors (Lipinski definition) is 6. The minimum Gasteiger partial charge on any atom is -0.307 e. The lowest BCUT2D eigenvalue weighted by Crippen LogP contribution is -2.35. The maximum absolute atomic E-state index is 12.5. The van der Waals surface area contributed by atoms with Crippen LogP contribution in [0.2, 0.25) is 0 Å². The lowest BCUT2D eigenvalue weighted by Gasteiger charge is -2.21. The minimum absolute atomic E-state index is 0.0866. The van der Waals surface area contributed by atoms with Gasteiger partial charge in [0.2, 0.25) is 0 Å². The molecule has 2 N–H and O–H groups in total. The summed E-state index contributed by atoms with van der Waals surface area (Å²) in [7, 11) is -4.30. The number of nitrogens with zero attached hydrogens (tertiary/aromatic N) is 2. The number of rotatable bonds is 6. The molecule has 1 aromatic carbocycles. The standard InChI is InChI=1S/C20H26N4O4S/c1-11(2)16-7-13(5)8-17(12(3)4)19(16)22-20(26)24-29(27,28)18-9-15(14(6)25)10-21-23-18/h7-12H,1-6H3,(H2,22,24,26).